The topological polar surface area (TPSA) is 52.0 Å². The van der Waals surface area contributed by atoms with Gasteiger partial charge in [0.05, 0.1) is 0 Å². The van der Waals surface area contributed by atoms with Crippen molar-refractivity contribution >= 4 is 12.4 Å². The second kappa shape index (κ2) is 7.96. The first-order valence-electron chi connectivity index (χ1n) is 8.28. The number of nitrogens with two attached hydrogens (primary N) is 2. The Balaban J connectivity index is 0.00000192. The fourth-order valence-electron chi connectivity index (χ4n) is 3.77. The molecule has 0 spiro atoms. The lowest BCUT2D eigenvalue weighted by Gasteiger charge is -2.44. The standard InChI is InChI=1S/C20H26N2.ClH/c21-19-11-12-20(22,15-17-9-5-2-6-10-17)18(14-19)13-16-7-3-1-4-8-16;/h1-10,18-19H,11-15,21-22H2;1H. The van der Waals surface area contributed by atoms with E-state index in [2.05, 4.69) is 60.7 Å². The molecular weight excluding hydrogens is 304 g/mol. The number of rotatable bonds is 4. The fraction of sp³-hybridized carbons (Fsp3) is 0.400. The zero-order valence-corrected chi connectivity index (χ0v) is 14.3. The number of hydrogen-bond acceptors (Lipinski definition) is 2. The van der Waals surface area contributed by atoms with Gasteiger partial charge in [-0.25, -0.2) is 0 Å². The van der Waals surface area contributed by atoms with E-state index < -0.39 is 0 Å². The molecule has 0 radical (unpaired) electrons. The predicted octanol–water partition coefficient (Wildman–Crippen LogP) is 3.72. The lowest BCUT2D eigenvalue weighted by atomic mass is 9.67. The highest BCUT2D eigenvalue weighted by Gasteiger charge is 2.39. The van der Waals surface area contributed by atoms with E-state index >= 15 is 0 Å². The van der Waals surface area contributed by atoms with Crippen LogP contribution in [0.3, 0.4) is 0 Å². The summed E-state index contributed by atoms with van der Waals surface area (Å²) in [6, 6.07) is 21.6. The Bertz CT molecular complexity index is 587. The first-order valence-corrected chi connectivity index (χ1v) is 8.28. The van der Waals surface area contributed by atoms with Gasteiger partial charge in [-0.3, -0.25) is 0 Å². The minimum atomic E-state index is -0.146. The molecule has 1 saturated carbocycles. The van der Waals surface area contributed by atoms with Crippen molar-refractivity contribution in [1.82, 2.24) is 0 Å². The summed E-state index contributed by atoms with van der Waals surface area (Å²) in [6.45, 7) is 0. The second-order valence-corrected chi connectivity index (χ2v) is 6.82. The van der Waals surface area contributed by atoms with E-state index in [9.17, 15) is 0 Å². The Morgan fingerprint density at radius 1 is 0.913 bits per heavy atom. The molecule has 23 heavy (non-hydrogen) atoms. The van der Waals surface area contributed by atoms with Crippen LogP contribution in [-0.2, 0) is 12.8 Å². The van der Waals surface area contributed by atoms with Gasteiger partial charge in [-0.15, -0.1) is 12.4 Å². The molecule has 3 heteroatoms. The van der Waals surface area contributed by atoms with Crippen LogP contribution in [-0.4, -0.2) is 11.6 Å². The fourth-order valence-corrected chi connectivity index (χ4v) is 3.77. The van der Waals surface area contributed by atoms with Crippen molar-refractivity contribution in [3.8, 4) is 0 Å². The third-order valence-corrected chi connectivity index (χ3v) is 5.08. The zero-order chi connectivity index (χ0) is 15.4. The van der Waals surface area contributed by atoms with Crippen molar-refractivity contribution in [3.05, 3.63) is 71.8 Å². The van der Waals surface area contributed by atoms with E-state index in [-0.39, 0.29) is 17.9 Å². The van der Waals surface area contributed by atoms with Crippen molar-refractivity contribution < 1.29 is 0 Å². The molecule has 0 aliphatic heterocycles. The summed E-state index contributed by atoms with van der Waals surface area (Å²) >= 11 is 0. The van der Waals surface area contributed by atoms with Gasteiger partial charge in [0, 0.05) is 11.6 Å². The summed E-state index contributed by atoms with van der Waals surface area (Å²) in [5.74, 6) is 0.443. The van der Waals surface area contributed by atoms with Crippen LogP contribution in [0.15, 0.2) is 60.7 Å². The Hall–Kier alpha value is -1.35. The van der Waals surface area contributed by atoms with Crippen LogP contribution in [0, 0.1) is 5.92 Å². The van der Waals surface area contributed by atoms with E-state index in [0.29, 0.717) is 12.0 Å². The maximum atomic E-state index is 6.89. The van der Waals surface area contributed by atoms with Crippen molar-refractivity contribution in [2.45, 2.75) is 43.7 Å². The molecule has 3 unspecified atom stereocenters. The average molecular weight is 331 g/mol. The Morgan fingerprint density at radius 3 is 2.09 bits per heavy atom. The molecule has 2 aromatic rings. The Kier molecular flexibility index (Phi) is 6.23. The van der Waals surface area contributed by atoms with Gasteiger partial charge in [-0.2, -0.15) is 0 Å². The number of hydrogen-bond donors (Lipinski definition) is 2. The molecule has 2 nitrogen and oxygen atoms in total. The predicted molar refractivity (Wildman–Crippen MR) is 99.8 cm³/mol. The van der Waals surface area contributed by atoms with Crippen molar-refractivity contribution in [2.75, 3.05) is 0 Å². The third kappa shape index (κ3) is 4.57. The monoisotopic (exact) mass is 330 g/mol. The van der Waals surface area contributed by atoms with Crippen molar-refractivity contribution in [3.63, 3.8) is 0 Å². The van der Waals surface area contributed by atoms with Gasteiger partial charge in [0.2, 0.25) is 0 Å². The lowest BCUT2D eigenvalue weighted by Crippen LogP contribution is -2.55. The molecular formula is C20H27ClN2. The van der Waals surface area contributed by atoms with E-state index in [1.165, 1.54) is 11.1 Å². The largest absolute Gasteiger partial charge is 0.328 e. The summed E-state index contributed by atoms with van der Waals surface area (Å²) in [5.41, 5.74) is 15.7. The molecule has 3 atom stereocenters. The van der Waals surface area contributed by atoms with Crippen LogP contribution in [0.25, 0.3) is 0 Å². The number of halogens is 1. The minimum absolute atomic E-state index is 0. The maximum absolute atomic E-state index is 6.89. The number of benzene rings is 2. The van der Waals surface area contributed by atoms with Gasteiger partial charge >= 0.3 is 0 Å². The normalized spacial score (nSPS) is 27.2. The van der Waals surface area contributed by atoms with Crippen LogP contribution in [0.4, 0.5) is 0 Å². The molecule has 2 aromatic carbocycles. The minimum Gasteiger partial charge on any atom is -0.328 e. The smallest absolute Gasteiger partial charge is 0.0228 e. The van der Waals surface area contributed by atoms with Gasteiger partial charge in [0.15, 0.2) is 0 Å². The molecule has 0 heterocycles. The molecule has 124 valence electrons. The van der Waals surface area contributed by atoms with Gasteiger partial charge in [0.1, 0.15) is 0 Å². The van der Waals surface area contributed by atoms with Gasteiger partial charge in [-0.05, 0) is 49.1 Å². The van der Waals surface area contributed by atoms with Crippen LogP contribution in [0.2, 0.25) is 0 Å². The summed E-state index contributed by atoms with van der Waals surface area (Å²) in [6.07, 6.45) is 5.04. The second-order valence-electron chi connectivity index (χ2n) is 6.82. The Morgan fingerprint density at radius 2 is 1.48 bits per heavy atom. The third-order valence-electron chi connectivity index (χ3n) is 5.08. The van der Waals surface area contributed by atoms with Gasteiger partial charge < -0.3 is 11.5 Å². The van der Waals surface area contributed by atoms with E-state index in [4.69, 9.17) is 11.5 Å². The van der Waals surface area contributed by atoms with Crippen LogP contribution in [0.1, 0.15) is 30.4 Å². The van der Waals surface area contributed by atoms with Crippen LogP contribution in [0.5, 0.6) is 0 Å². The summed E-state index contributed by atoms with van der Waals surface area (Å²) in [7, 11) is 0. The van der Waals surface area contributed by atoms with E-state index in [0.717, 1.165) is 32.1 Å². The average Bonchev–Trinajstić information content (AvgIpc) is 2.53. The Labute approximate surface area is 145 Å². The maximum Gasteiger partial charge on any atom is 0.0228 e. The highest BCUT2D eigenvalue weighted by Crippen LogP contribution is 2.36. The van der Waals surface area contributed by atoms with E-state index in [1.807, 2.05) is 0 Å². The van der Waals surface area contributed by atoms with Crippen molar-refractivity contribution in [2.24, 2.45) is 17.4 Å². The quantitative estimate of drug-likeness (QED) is 0.897. The molecule has 0 saturated heterocycles. The summed E-state index contributed by atoms with van der Waals surface area (Å²) in [5, 5.41) is 0. The molecule has 4 N–H and O–H groups in total. The molecule has 0 bridgehead atoms. The molecule has 1 aliphatic rings. The van der Waals surface area contributed by atoms with Crippen LogP contribution < -0.4 is 11.5 Å². The summed E-state index contributed by atoms with van der Waals surface area (Å²) < 4.78 is 0. The molecule has 3 rings (SSSR count). The van der Waals surface area contributed by atoms with E-state index in [1.54, 1.807) is 0 Å². The van der Waals surface area contributed by atoms with Gasteiger partial charge in [0.25, 0.3) is 0 Å². The highest BCUT2D eigenvalue weighted by molar-refractivity contribution is 5.85. The summed E-state index contributed by atoms with van der Waals surface area (Å²) in [4.78, 5) is 0. The molecule has 1 fully saturated rings. The van der Waals surface area contributed by atoms with Crippen molar-refractivity contribution in [1.29, 1.82) is 0 Å². The first-order chi connectivity index (χ1) is 10.7. The zero-order valence-electron chi connectivity index (χ0n) is 13.5. The lowest BCUT2D eigenvalue weighted by molar-refractivity contribution is 0.170. The highest BCUT2D eigenvalue weighted by atomic mass is 35.5. The van der Waals surface area contributed by atoms with Gasteiger partial charge in [-0.1, -0.05) is 60.7 Å². The SMILES string of the molecule is Cl.NC1CCC(N)(Cc2ccccc2)C(Cc2ccccc2)C1. The van der Waals surface area contributed by atoms with Crippen LogP contribution >= 0.6 is 12.4 Å². The molecule has 0 amide bonds. The molecule has 1 aliphatic carbocycles. The first kappa shape index (κ1) is 18.0. The molecule has 0 aromatic heterocycles.